The molecule has 0 spiro atoms. The molecule has 0 N–H and O–H groups in total. The molecule has 0 amide bonds. The summed E-state index contributed by atoms with van der Waals surface area (Å²) in [4.78, 5) is 11.7. The fraction of sp³-hybridized carbons (Fsp3) is 0.278. The molecule has 120 valence electrons. The number of benzene rings is 2. The molecule has 0 saturated carbocycles. The molecule has 0 radical (unpaired) electrons. The third kappa shape index (κ3) is 2.82. The highest BCUT2D eigenvalue weighted by atomic mass is 32.2. The summed E-state index contributed by atoms with van der Waals surface area (Å²) in [6.07, 6.45) is 1.66. The van der Waals surface area contributed by atoms with E-state index in [1.54, 1.807) is 25.2 Å². The van der Waals surface area contributed by atoms with Crippen molar-refractivity contribution >= 4 is 15.8 Å². The van der Waals surface area contributed by atoms with Crippen molar-refractivity contribution in [3.8, 4) is 0 Å². The average molecular weight is 329 g/mol. The summed E-state index contributed by atoms with van der Waals surface area (Å²) in [6.45, 7) is 1.43. The molecule has 2 aromatic carbocycles. The Hall–Kier alpha value is -1.98. The molecule has 0 aromatic heterocycles. The Morgan fingerprint density at radius 1 is 1.13 bits per heavy atom. The lowest BCUT2D eigenvalue weighted by Crippen LogP contribution is -2.30. The zero-order valence-electron chi connectivity index (χ0n) is 13.2. The van der Waals surface area contributed by atoms with Crippen LogP contribution in [-0.4, -0.2) is 25.6 Å². The van der Waals surface area contributed by atoms with E-state index in [-0.39, 0.29) is 16.7 Å². The maximum atomic E-state index is 12.9. The van der Waals surface area contributed by atoms with Gasteiger partial charge >= 0.3 is 0 Å². The quantitative estimate of drug-likeness (QED) is 0.810. The minimum absolute atomic E-state index is 0.143. The highest BCUT2D eigenvalue weighted by molar-refractivity contribution is 7.89. The topological polar surface area (TPSA) is 54.5 Å². The number of ketones is 1. The summed E-state index contributed by atoms with van der Waals surface area (Å²) in [7, 11) is -2.03. The van der Waals surface area contributed by atoms with Gasteiger partial charge in [-0.25, -0.2) is 8.42 Å². The van der Waals surface area contributed by atoms with Crippen molar-refractivity contribution in [2.75, 3.05) is 7.05 Å². The fourth-order valence-electron chi connectivity index (χ4n) is 3.12. The van der Waals surface area contributed by atoms with Gasteiger partial charge in [-0.15, -0.1) is 0 Å². The number of carbonyl (C=O) groups excluding carboxylic acids is 1. The lowest BCUT2D eigenvalue weighted by Gasteiger charge is -2.25. The molecule has 1 aliphatic rings. The molecule has 5 heteroatoms. The largest absolute Gasteiger partial charge is 0.295 e. The van der Waals surface area contributed by atoms with E-state index in [0.717, 1.165) is 18.4 Å². The second kappa shape index (κ2) is 5.91. The van der Waals surface area contributed by atoms with Gasteiger partial charge in [0.25, 0.3) is 0 Å². The van der Waals surface area contributed by atoms with Crippen LogP contribution in [0.25, 0.3) is 0 Å². The second-order valence-electron chi connectivity index (χ2n) is 5.86. The second-order valence-corrected chi connectivity index (χ2v) is 7.86. The van der Waals surface area contributed by atoms with Crippen LogP contribution in [0.15, 0.2) is 53.4 Å². The predicted octanol–water partition coefficient (Wildman–Crippen LogP) is 3.20. The molecule has 0 bridgehead atoms. The van der Waals surface area contributed by atoms with Crippen LogP contribution in [0, 0.1) is 0 Å². The fourth-order valence-corrected chi connectivity index (χ4v) is 4.53. The van der Waals surface area contributed by atoms with Gasteiger partial charge in [-0.1, -0.05) is 36.4 Å². The molecule has 1 atom stereocenters. The summed E-state index contributed by atoms with van der Waals surface area (Å²) >= 11 is 0. The zero-order chi connectivity index (χ0) is 16.6. The normalized spacial score (nSPS) is 17.3. The van der Waals surface area contributed by atoms with E-state index in [0.29, 0.717) is 5.56 Å². The number of aryl methyl sites for hydroxylation is 1. The van der Waals surface area contributed by atoms with Crippen LogP contribution in [0.3, 0.4) is 0 Å². The molecular formula is C18H19NO3S. The highest BCUT2D eigenvalue weighted by Crippen LogP contribution is 2.37. The number of fused-ring (bicyclic) bond motifs is 1. The third-order valence-corrected chi connectivity index (χ3v) is 6.32. The molecule has 0 fully saturated rings. The molecule has 23 heavy (non-hydrogen) atoms. The average Bonchev–Trinajstić information content (AvgIpc) is 2.98. The molecule has 0 heterocycles. The summed E-state index contributed by atoms with van der Waals surface area (Å²) in [5, 5.41) is 0. The number of rotatable bonds is 4. The van der Waals surface area contributed by atoms with Gasteiger partial charge in [-0.2, -0.15) is 4.31 Å². The molecular weight excluding hydrogens is 310 g/mol. The van der Waals surface area contributed by atoms with E-state index in [2.05, 4.69) is 0 Å². The van der Waals surface area contributed by atoms with Crippen molar-refractivity contribution in [1.82, 2.24) is 4.31 Å². The first-order chi connectivity index (χ1) is 10.9. The zero-order valence-corrected chi connectivity index (χ0v) is 14.0. The van der Waals surface area contributed by atoms with Crippen molar-refractivity contribution in [2.24, 2.45) is 0 Å². The minimum atomic E-state index is -3.64. The first-order valence-electron chi connectivity index (χ1n) is 7.58. The van der Waals surface area contributed by atoms with Gasteiger partial charge in [0.1, 0.15) is 0 Å². The van der Waals surface area contributed by atoms with Gasteiger partial charge in [0.15, 0.2) is 5.78 Å². The third-order valence-electron chi connectivity index (χ3n) is 4.46. The number of Topliss-reactive ketones (excluding diaryl/α,β-unsaturated/α-hetero) is 1. The SMILES string of the molecule is CC(=O)c1cccc(S(=O)(=O)N(C)C2CCc3ccccc32)c1. The number of sulfonamides is 1. The van der Waals surface area contributed by atoms with Crippen LogP contribution in [0.1, 0.15) is 40.9 Å². The van der Waals surface area contributed by atoms with Crippen LogP contribution >= 0.6 is 0 Å². The summed E-state index contributed by atoms with van der Waals surface area (Å²) in [5.41, 5.74) is 2.68. The molecule has 0 saturated heterocycles. The van der Waals surface area contributed by atoms with E-state index < -0.39 is 10.0 Å². The Bertz CT molecular complexity index is 858. The van der Waals surface area contributed by atoms with Crippen molar-refractivity contribution < 1.29 is 13.2 Å². The first kappa shape index (κ1) is 15.9. The van der Waals surface area contributed by atoms with E-state index in [1.807, 2.05) is 24.3 Å². The van der Waals surface area contributed by atoms with E-state index >= 15 is 0 Å². The number of nitrogens with zero attached hydrogens (tertiary/aromatic N) is 1. The van der Waals surface area contributed by atoms with Crippen molar-refractivity contribution in [1.29, 1.82) is 0 Å². The number of carbonyl (C=O) groups is 1. The Morgan fingerprint density at radius 3 is 2.61 bits per heavy atom. The van der Waals surface area contributed by atoms with Crippen LogP contribution in [0.4, 0.5) is 0 Å². The standard InChI is InChI=1S/C18H19NO3S/c1-13(20)15-7-5-8-16(12-15)23(21,22)19(2)18-11-10-14-6-3-4-9-17(14)18/h3-9,12,18H,10-11H2,1-2H3. The lowest BCUT2D eigenvalue weighted by atomic mass is 10.1. The van der Waals surface area contributed by atoms with Gasteiger partial charge in [0.2, 0.25) is 10.0 Å². The van der Waals surface area contributed by atoms with Crippen LogP contribution in [0.2, 0.25) is 0 Å². The maximum Gasteiger partial charge on any atom is 0.243 e. The van der Waals surface area contributed by atoms with Crippen molar-refractivity contribution in [2.45, 2.75) is 30.7 Å². The van der Waals surface area contributed by atoms with Gasteiger partial charge in [-0.05, 0) is 43.0 Å². The summed E-state index contributed by atoms with van der Waals surface area (Å²) in [5.74, 6) is -0.143. The monoisotopic (exact) mass is 329 g/mol. The van der Waals surface area contributed by atoms with Gasteiger partial charge in [0, 0.05) is 12.6 Å². The Morgan fingerprint density at radius 2 is 1.87 bits per heavy atom. The predicted molar refractivity (Wildman–Crippen MR) is 88.9 cm³/mol. The van der Waals surface area contributed by atoms with Gasteiger partial charge in [-0.3, -0.25) is 4.79 Å². The van der Waals surface area contributed by atoms with Gasteiger partial charge < -0.3 is 0 Å². The van der Waals surface area contributed by atoms with E-state index in [9.17, 15) is 13.2 Å². The molecule has 0 aliphatic heterocycles. The van der Waals surface area contributed by atoms with Crippen molar-refractivity contribution in [3.63, 3.8) is 0 Å². The van der Waals surface area contributed by atoms with Crippen molar-refractivity contribution in [3.05, 3.63) is 65.2 Å². The number of hydrogen-bond acceptors (Lipinski definition) is 3. The highest BCUT2D eigenvalue weighted by Gasteiger charge is 2.33. The van der Waals surface area contributed by atoms with Crippen LogP contribution in [-0.2, 0) is 16.4 Å². The smallest absolute Gasteiger partial charge is 0.243 e. The maximum absolute atomic E-state index is 12.9. The summed E-state index contributed by atoms with van der Waals surface area (Å²) < 4.78 is 27.3. The Kier molecular flexibility index (Phi) is 4.08. The molecule has 1 unspecified atom stereocenters. The summed E-state index contributed by atoms with van der Waals surface area (Å²) in [6, 6.07) is 14.0. The molecule has 1 aliphatic carbocycles. The van der Waals surface area contributed by atoms with Crippen LogP contribution < -0.4 is 0 Å². The minimum Gasteiger partial charge on any atom is -0.295 e. The number of hydrogen-bond donors (Lipinski definition) is 0. The lowest BCUT2D eigenvalue weighted by molar-refractivity contribution is 0.101. The van der Waals surface area contributed by atoms with E-state index in [1.165, 1.54) is 22.9 Å². The van der Waals surface area contributed by atoms with Gasteiger partial charge in [0.05, 0.1) is 10.9 Å². The molecule has 3 rings (SSSR count). The Labute approximate surface area is 136 Å². The molecule has 4 nitrogen and oxygen atoms in total. The first-order valence-corrected chi connectivity index (χ1v) is 9.02. The molecule has 2 aromatic rings. The Balaban J connectivity index is 1.97. The van der Waals surface area contributed by atoms with Crippen LogP contribution in [0.5, 0.6) is 0 Å². The van der Waals surface area contributed by atoms with E-state index in [4.69, 9.17) is 0 Å².